The normalized spacial score (nSPS) is 17.1. The maximum Gasteiger partial charge on any atom is 0.271 e. The highest BCUT2D eigenvalue weighted by Gasteiger charge is 2.27. The number of amides is 1. The van der Waals surface area contributed by atoms with Gasteiger partial charge in [0.1, 0.15) is 5.69 Å². The van der Waals surface area contributed by atoms with Crippen LogP contribution >= 0.6 is 12.4 Å². The van der Waals surface area contributed by atoms with Crippen LogP contribution in [-0.2, 0) is 0 Å². The van der Waals surface area contributed by atoms with E-state index in [1.54, 1.807) is 0 Å². The molecule has 1 saturated heterocycles. The van der Waals surface area contributed by atoms with Crippen molar-refractivity contribution in [3.05, 3.63) is 41.6 Å². The van der Waals surface area contributed by atoms with Crippen LogP contribution in [-0.4, -0.2) is 47.7 Å². The number of hydrogen-bond acceptors (Lipinski definition) is 3. The standard InChI is InChI=1S/C17H22N4O.ClH/c1-12-3-5-14(6-4-12)15-9-16(20-19-15)17(22)21-8-7-13(11-21)10-18-2;/h3-6,9,13,18H,7-8,10-11H2,1-2H3,(H,19,20);1H. The Hall–Kier alpha value is -1.85. The van der Waals surface area contributed by atoms with Crippen LogP contribution in [0.3, 0.4) is 0 Å². The van der Waals surface area contributed by atoms with Crippen LogP contribution in [0, 0.1) is 12.8 Å². The zero-order chi connectivity index (χ0) is 15.5. The summed E-state index contributed by atoms with van der Waals surface area (Å²) >= 11 is 0. The summed E-state index contributed by atoms with van der Waals surface area (Å²) in [4.78, 5) is 14.4. The van der Waals surface area contributed by atoms with Crippen LogP contribution < -0.4 is 5.32 Å². The molecule has 2 heterocycles. The molecular formula is C17H23ClN4O. The van der Waals surface area contributed by atoms with Crippen LogP contribution in [0.4, 0.5) is 0 Å². The number of carbonyl (C=O) groups excluding carboxylic acids is 1. The van der Waals surface area contributed by atoms with E-state index in [-0.39, 0.29) is 18.3 Å². The van der Waals surface area contributed by atoms with Gasteiger partial charge >= 0.3 is 0 Å². The Morgan fingerprint density at radius 2 is 2.13 bits per heavy atom. The summed E-state index contributed by atoms with van der Waals surface area (Å²) in [5, 5.41) is 10.3. The average molecular weight is 335 g/mol. The van der Waals surface area contributed by atoms with Gasteiger partial charge in [0.2, 0.25) is 0 Å². The number of halogens is 1. The Kier molecular flexibility index (Phi) is 5.80. The molecule has 0 radical (unpaired) electrons. The lowest BCUT2D eigenvalue weighted by atomic mass is 10.1. The van der Waals surface area contributed by atoms with E-state index in [1.807, 2.05) is 42.3 Å². The monoisotopic (exact) mass is 334 g/mol. The van der Waals surface area contributed by atoms with E-state index in [2.05, 4.69) is 22.4 Å². The number of nitrogens with zero attached hydrogens (tertiary/aromatic N) is 2. The largest absolute Gasteiger partial charge is 0.337 e. The number of aromatic nitrogens is 2. The van der Waals surface area contributed by atoms with Gasteiger partial charge < -0.3 is 10.2 Å². The lowest BCUT2D eigenvalue weighted by Gasteiger charge is -2.15. The molecular weight excluding hydrogens is 312 g/mol. The van der Waals surface area contributed by atoms with Crippen molar-refractivity contribution >= 4 is 18.3 Å². The topological polar surface area (TPSA) is 61.0 Å². The highest BCUT2D eigenvalue weighted by molar-refractivity contribution is 5.93. The van der Waals surface area contributed by atoms with E-state index < -0.39 is 0 Å². The minimum atomic E-state index is 0. The van der Waals surface area contributed by atoms with E-state index in [9.17, 15) is 4.79 Å². The molecule has 23 heavy (non-hydrogen) atoms. The first kappa shape index (κ1) is 17.5. The second-order valence-electron chi connectivity index (χ2n) is 6.00. The molecule has 2 N–H and O–H groups in total. The van der Waals surface area contributed by atoms with Crippen molar-refractivity contribution in [2.75, 3.05) is 26.7 Å². The summed E-state index contributed by atoms with van der Waals surface area (Å²) in [5.74, 6) is 0.595. The Morgan fingerprint density at radius 3 is 2.83 bits per heavy atom. The van der Waals surface area contributed by atoms with Crippen molar-refractivity contribution in [1.29, 1.82) is 0 Å². The van der Waals surface area contributed by atoms with Crippen LogP contribution in [0.2, 0.25) is 0 Å². The molecule has 1 aliphatic rings. The van der Waals surface area contributed by atoms with Gasteiger partial charge in [-0.1, -0.05) is 29.8 Å². The number of carbonyl (C=O) groups is 1. The van der Waals surface area contributed by atoms with E-state index in [4.69, 9.17) is 0 Å². The average Bonchev–Trinajstić information content (AvgIpc) is 3.17. The van der Waals surface area contributed by atoms with Crippen LogP contribution in [0.5, 0.6) is 0 Å². The SMILES string of the molecule is CNCC1CCN(C(=O)c2cc(-c3ccc(C)cc3)n[nH]2)C1.Cl. The number of nitrogens with one attached hydrogen (secondary N) is 2. The molecule has 1 aliphatic heterocycles. The lowest BCUT2D eigenvalue weighted by Crippen LogP contribution is -2.30. The summed E-state index contributed by atoms with van der Waals surface area (Å²) in [6, 6.07) is 10.00. The second kappa shape index (κ2) is 7.62. The highest BCUT2D eigenvalue weighted by atomic mass is 35.5. The summed E-state index contributed by atoms with van der Waals surface area (Å²) in [6.45, 7) is 4.65. The third kappa shape index (κ3) is 3.92. The first-order chi connectivity index (χ1) is 10.7. The predicted octanol–water partition coefficient (Wildman–Crippen LogP) is 2.49. The molecule has 0 spiro atoms. The third-order valence-corrected chi connectivity index (χ3v) is 4.22. The molecule has 1 unspecified atom stereocenters. The van der Waals surface area contributed by atoms with Crippen molar-refractivity contribution in [3.63, 3.8) is 0 Å². The first-order valence-corrected chi connectivity index (χ1v) is 7.73. The Morgan fingerprint density at radius 1 is 1.39 bits per heavy atom. The number of aryl methyl sites for hydroxylation is 1. The Labute approximate surface area is 142 Å². The van der Waals surface area contributed by atoms with Crippen LogP contribution in [0.25, 0.3) is 11.3 Å². The number of likely N-dealkylation sites (tertiary alicyclic amines) is 1. The number of rotatable bonds is 4. The molecule has 0 aliphatic carbocycles. The minimum absolute atomic E-state index is 0. The molecule has 1 fully saturated rings. The predicted molar refractivity (Wildman–Crippen MR) is 93.9 cm³/mol. The summed E-state index contributed by atoms with van der Waals surface area (Å²) < 4.78 is 0. The molecule has 1 amide bonds. The molecule has 1 aromatic heterocycles. The van der Waals surface area contributed by atoms with Gasteiger partial charge in [-0.3, -0.25) is 9.89 Å². The zero-order valence-corrected chi connectivity index (χ0v) is 14.3. The molecule has 0 saturated carbocycles. The minimum Gasteiger partial charge on any atom is -0.337 e. The van der Waals surface area contributed by atoms with Gasteiger partial charge in [0.05, 0.1) is 5.69 Å². The molecule has 2 aromatic rings. The highest BCUT2D eigenvalue weighted by Crippen LogP contribution is 2.21. The van der Waals surface area contributed by atoms with Gasteiger partial charge in [0.15, 0.2) is 0 Å². The van der Waals surface area contributed by atoms with Crippen molar-refractivity contribution in [2.24, 2.45) is 5.92 Å². The van der Waals surface area contributed by atoms with Gasteiger partial charge in [-0.05, 0) is 38.9 Å². The quantitative estimate of drug-likeness (QED) is 0.903. The number of H-pyrrole nitrogens is 1. The summed E-state index contributed by atoms with van der Waals surface area (Å²) in [5.41, 5.74) is 3.62. The number of aromatic amines is 1. The molecule has 5 nitrogen and oxygen atoms in total. The van der Waals surface area contributed by atoms with Crippen LogP contribution in [0.1, 0.15) is 22.5 Å². The number of benzene rings is 1. The maximum atomic E-state index is 12.5. The fourth-order valence-electron chi connectivity index (χ4n) is 2.95. The van der Waals surface area contributed by atoms with E-state index >= 15 is 0 Å². The molecule has 6 heteroatoms. The maximum absolute atomic E-state index is 12.5. The van der Waals surface area contributed by atoms with E-state index in [0.717, 1.165) is 37.3 Å². The van der Waals surface area contributed by atoms with Gasteiger partial charge in [-0.2, -0.15) is 5.10 Å². The van der Waals surface area contributed by atoms with E-state index in [1.165, 1.54) is 5.56 Å². The molecule has 3 rings (SSSR count). The van der Waals surface area contributed by atoms with Crippen molar-refractivity contribution in [2.45, 2.75) is 13.3 Å². The van der Waals surface area contributed by atoms with Gasteiger partial charge in [-0.15, -0.1) is 12.4 Å². The van der Waals surface area contributed by atoms with E-state index in [0.29, 0.717) is 11.6 Å². The summed E-state index contributed by atoms with van der Waals surface area (Å²) in [7, 11) is 1.95. The molecule has 1 aromatic carbocycles. The molecule has 124 valence electrons. The molecule has 1 atom stereocenters. The fourth-order valence-corrected chi connectivity index (χ4v) is 2.95. The smallest absolute Gasteiger partial charge is 0.271 e. The Balaban J connectivity index is 0.00000192. The fraction of sp³-hybridized carbons (Fsp3) is 0.412. The second-order valence-corrected chi connectivity index (χ2v) is 6.00. The van der Waals surface area contributed by atoms with Crippen LogP contribution in [0.15, 0.2) is 30.3 Å². The molecule has 0 bridgehead atoms. The Bertz CT molecular complexity index is 653. The van der Waals surface area contributed by atoms with Crippen molar-refractivity contribution in [1.82, 2.24) is 20.4 Å². The van der Waals surface area contributed by atoms with Crippen molar-refractivity contribution in [3.8, 4) is 11.3 Å². The lowest BCUT2D eigenvalue weighted by molar-refractivity contribution is 0.0781. The van der Waals surface area contributed by atoms with Crippen molar-refractivity contribution < 1.29 is 4.79 Å². The van der Waals surface area contributed by atoms with Gasteiger partial charge in [0, 0.05) is 18.7 Å². The third-order valence-electron chi connectivity index (χ3n) is 4.22. The summed E-state index contributed by atoms with van der Waals surface area (Å²) in [6.07, 6.45) is 1.06. The van der Waals surface area contributed by atoms with Gasteiger partial charge in [-0.25, -0.2) is 0 Å². The zero-order valence-electron chi connectivity index (χ0n) is 13.5. The van der Waals surface area contributed by atoms with Gasteiger partial charge in [0.25, 0.3) is 5.91 Å². The number of hydrogen-bond donors (Lipinski definition) is 2. The first-order valence-electron chi connectivity index (χ1n) is 7.73.